The van der Waals surface area contributed by atoms with Crippen LogP contribution in [-0.4, -0.2) is 11.1 Å². The number of carboxylic acid groups (broad SMARTS) is 1. The van der Waals surface area contributed by atoms with E-state index < -0.39 is 5.97 Å². The molecule has 0 atom stereocenters. The predicted octanol–water partition coefficient (Wildman–Crippen LogP) is 4.44. The van der Waals surface area contributed by atoms with Gasteiger partial charge in [0, 0.05) is 0 Å². The van der Waals surface area contributed by atoms with Crippen LogP contribution in [-0.2, 0) is 0 Å². The summed E-state index contributed by atoms with van der Waals surface area (Å²) in [4.78, 5) is 10.8. The van der Waals surface area contributed by atoms with Gasteiger partial charge < -0.3 is 9.84 Å². The number of carbonyl (C=O) groups is 1. The fourth-order valence-corrected chi connectivity index (χ4v) is 2.08. The van der Waals surface area contributed by atoms with Crippen molar-refractivity contribution in [1.29, 1.82) is 0 Å². The second kappa shape index (κ2) is 5.58. The third-order valence-electron chi connectivity index (χ3n) is 2.24. The number of hydrogen-bond donors (Lipinski definition) is 1. The molecule has 2 aromatic rings. The Hall–Kier alpha value is -1.27. The molecule has 0 saturated heterocycles. The van der Waals surface area contributed by atoms with Crippen molar-refractivity contribution in [3.8, 4) is 11.5 Å². The van der Waals surface area contributed by atoms with Gasteiger partial charge in [-0.25, -0.2) is 4.79 Å². The van der Waals surface area contributed by atoms with Crippen LogP contribution in [0.3, 0.4) is 0 Å². The average Bonchev–Trinajstić information content (AvgIpc) is 2.34. The van der Waals surface area contributed by atoms with Gasteiger partial charge >= 0.3 is 5.97 Å². The Balaban J connectivity index is 2.30. The highest BCUT2D eigenvalue weighted by Crippen LogP contribution is 2.32. The zero-order valence-corrected chi connectivity index (χ0v) is 12.0. The van der Waals surface area contributed by atoms with Crippen molar-refractivity contribution in [3.05, 3.63) is 56.6 Å². The van der Waals surface area contributed by atoms with Crippen LogP contribution >= 0.6 is 34.2 Å². The molecule has 2 aromatic carbocycles. The number of halogens is 2. The van der Waals surface area contributed by atoms with Crippen LogP contribution in [0.15, 0.2) is 42.5 Å². The first-order valence-corrected chi connectivity index (χ1v) is 6.49. The lowest BCUT2D eigenvalue weighted by Gasteiger charge is -2.09. The molecule has 0 saturated carbocycles. The number of aromatic carboxylic acids is 1. The molecule has 0 heterocycles. The van der Waals surface area contributed by atoms with Gasteiger partial charge in [0.1, 0.15) is 11.5 Å². The van der Waals surface area contributed by atoms with Crippen molar-refractivity contribution in [1.82, 2.24) is 0 Å². The maximum Gasteiger partial charge on any atom is 0.335 e. The fourth-order valence-electron chi connectivity index (χ4n) is 1.36. The maximum absolute atomic E-state index is 10.8. The Morgan fingerprint density at radius 2 is 1.89 bits per heavy atom. The summed E-state index contributed by atoms with van der Waals surface area (Å²) in [5.74, 6) is 0.103. The molecule has 5 heteroatoms. The van der Waals surface area contributed by atoms with Crippen molar-refractivity contribution < 1.29 is 14.6 Å². The van der Waals surface area contributed by atoms with E-state index in [0.717, 1.165) is 3.57 Å². The van der Waals surface area contributed by atoms with Crippen molar-refractivity contribution in [2.75, 3.05) is 0 Å². The van der Waals surface area contributed by atoms with Crippen LogP contribution in [0.4, 0.5) is 0 Å². The van der Waals surface area contributed by atoms with Gasteiger partial charge in [-0.1, -0.05) is 23.7 Å². The van der Waals surface area contributed by atoms with Crippen molar-refractivity contribution >= 4 is 40.2 Å². The minimum absolute atomic E-state index is 0.134. The van der Waals surface area contributed by atoms with E-state index in [4.69, 9.17) is 21.4 Å². The SMILES string of the molecule is O=C(O)c1ccc(Oc2ccccc2I)c(Cl)c1. The Labute approximate surface area is 122 Å². The van der Waals surface area contributed by atoms with Crippen molar-refractivity contribution in [2.24, 2.45) is 0 Å². The number of rotatable bonds is 3. The van der Waals surface area contributed by atoms with Gasteiger partial charge in [0.15, 0.2) is 0 Å². The average molecular weight is 375 g/mol. The van der Waals surface area contributed by atoms with Gasteiger partial charge in [-0.3, -0.25) is 0 Å². The minimum Gasteiger partial charge on any atom is -0.478 e. The molecule has 0 unspecified atom stereocenters. The summed E-state index contributed by atoms with van der Waals surface area (Å²) >= 11 is 8.14. The quantitative estimate of drug-likeness (QED) is 0.808. The lowest BCUT2D eigenvalue weighted by atomic mass is 10.2. The topological polar surface area (TPSA) is 46.5 Å². The molecular formula is C13H8ClIO3. The smallest absolute Gasteiger partial charge is 0.335 e. The minimum atomic E-state index is -1.02. The summed E-state index contributed by atoms with van der Waals surface area (Å²) in [6, 6.07) is 11.9. The van der Waals surface area contributed by atoms with Crippen LogP contribution < -0.4 is 4.74 Å². The molecule has 3 nitrogen and oxygen atoms in total. The van der Waals surface area contributed by atoms with Crippen LogP contribution in [0.25, 0.3) is 0 Å². The molecular weight excluding hydrogens is 366 g/mol. The predicted molar refractivity (Wildman–Crippen MR) is 77.6 cm³/mol. The summed E-state index contributed by atoms with van der Waals surface area (Å²) in [5.41, 5.74) is 0.134. The first kappa shape index (κ1) is 13.2. The maximum atomic E-state index is 10.8. The normalized spacial score (nSPS) is 10.1. The van der Waals surface area contributed by atoms with Gasteiger partial charge in [0.2, 0.25) is 0 Å². The molecule has 2 rings (SSSR count). The molecule has 92 valence electrons. The van der Waals surface area contributed by atoms with Crippen molar-refractivity contribution in [2.45, 2.75) is 0 Å². The van der Waals surface area contributed by atoms with E-state index in [2.05, 4.69) is 22.6 Å². The molecule has 0 aliphatic heterocycles. The summed E-state index contributed by atoms with van der Waals surface area (Å²) in [7, 11) is 0. The van der Waals surface area contributed by atoms with E-state index in [0.29, 0.717) is 11.5 Å². The second-order valence-electron chi connectivity index (χ2n) is 3.48. The number of hydrogen-bond acceptors (Lipinski definition) is 2. The lowest BCUT2D eigenvalue weighted by molar-refractivity contribution is 0.0697. The van der Waals surface area contributed by atoms with Crippen LogP contribution in [0, 0.1) is 3.57 Å². The number of carboxylic acids is 1. The highest BCUT2D eigenvalue weighted by molar-refractivity contribution is 14.1. The zero-order chi connectivity index (χ0) is 13.1. The highest BCUT2D eigenvalue weighted by Gasteiger charge is 2.09. The first-order chi connectivity index (χ1) is 8.58. The van der Waals surface area contributed by atoms with Crippen LogP contribution in [0.1, 0.15) is 10.4 Å². The Bertz CT molecular complexity index is 599. The monoisotopic (exact) mass is 374 g/mol. The van der Waals surface area contributed by atoms with Crippen LogP contribution in [0.5, 0.6) is 11.5 Å². The fraction of sp³-hybridized carbons (Fsp3) is 0. The first-order valence-electron chi connectivity index (χ1n) is 5.03. The number of benzene rings is 2. The molecule has 0 bridgehead atoms. The molecule has 0 spiro atoms. The summed E-state index contributed by atoms with van der Waals surface area (Å²) in [6.45, 7) is 0. The summed E-state index contributed by atoms with van der Waals surface area (Å²) < 4.78 is 6.59. The summed E-state index contributed by atoms with van der Waals surface area (Å²) in [6.07, 6.45) is 0. The Morgan fingerprint density at radius 3 is 2.50 bits per heavy atom. The van der Waals surface area contributed by atoms with Gasteiger partial charge in [0.05, 0.1) is 14.2 Å². The van der Waals surface area contributed by atoms with E-state index in [1.165, 1.54) is 12.1 Å². The second-order valence-corrected chi connectivity index (χ2v) is 5.05. The van der Waals surface area contributed by atoms with Gasteiger partial charge in [-0.2, -0.15) is 0 Å². The van der Waals surface area contributed by atoms with E-state index in [9.17, 15) is 4.79 Å². The highest BCUT2D eigenvalue weighted by atomic mass is 127. The third kappa shape index (κ3) is 2.94. The van der Waals surface area contributed by atoms with Crippen LogP contribution in [0.2, 0.25) is 5.02 Å². The third-order valence-corrected chi connectivity index (χ3v) is 3.42. The number of ether oxygens (including phenoxy) is 1. The lowest BCUT2D eigenvalue weighted by Crippen LogP contribution is -1.96. The van der Waals surface area contributed by atoms with E-state index in [-0.39, 0.29) is 10.6 Å². The van der Waals surface area contributed by atoms with Crippen molar-refractivity contribution in [3.63, 3.8) is 0 Å². The van der Waals surface area contributed by atoms with Gasteiger partial charge in [-0.05, 0) is 52.9 Å². The van der Waals surface area contributed by atoms with Gasteiger partial charge in [0.25, 0.3) is 0 Å². The molecule has 1 N–H and O–H groups in total. The molecule has 0 fully saturated rings. The molecule has 0 radical (unpaired) electrons. The van der Waals surface area contributed by atoms with E-state index in [1.807, 2.05) is 24.3 Å². The molecule has 18 heavy (non-hydrogen) atoms. The molecule has 0 aliphatic rings. The largest absolute Gasteiger partial charge is 0.478 e. The molecule has 0 aliphatic carbocycles. The van der Waals surface area contributed by atoms with E-state index >= 15 is 0 Å². The van der Waals surface area contributed by atoms with E-state index in [1.54, 1.807) is 6.07 Å². The summed E-state index contributed by atoms with van der Waals surface area (Å²) in [5, 5.41) is 9.11. The number of para-hydroxylation sites is 1. The van der Waals surface area contributed by atoms with Gasteiger partial charge in [-0.15, -0.1) is 0 Å². The standard InChI is InChI=1S/C13H8ClIO3/c14-9-7-8(13(16)17)5-6-11(9)18-12-4-2-1-3-10(12)15/h1-7H,(H,16,17). The zero-order valence-electron chi connectivity index (χ0n) is 9.06. The molecule has 0 aromatic heterocycles. The molecule has 0 amide bonds. The Morgan fingerprint density at radius 1 is 1.17 bits per heavy atom. The Kier molecular flexibility index (Phi) is 4.08.